The molecule has 0 amide bonds. The van der Waals surface area contributed by atoms with Gasteiger partial charge in [-0.2, -0.15) is 0 Å². The molecule has 82 valence electrons. The molecular weight excluding hydrogens is 254 g/mol. The summed E-state index contributed by atoms with van der Waals surface area (Å²) in [6.45, 7) is 0. The van der Waals surface area contributed by atoms with Crippen molar-refractivity contribution >= 4 is 34.9 Å². The maximum Gasteiger partial charge on any atom is 0.0844 e. The van der Waals surface area contributed by atoms with Gasteiger partial charge in [-0.1, -0.05) is 6.07 Å². The van der Waals surface area contributed by atoms with Gasteiger partial charge in [0.15, 0.2) is 0 Å². The second kappa shape index (κ2) is 4.82. The van der Waals surface area contributed by atoms with Gasteiger partial charge in [0.25, 0.3) is 0 Å². The number of pyridine rings is 1. The lowest BCUT2D eigenvalue weighted by Crippen LogP contribution is -1.75. The number of rotatable bonds is 2. The van der Waals surface area contributed by atoms with Crippen molar-refractivity contribution in [2.24, 2.45) is 0 Å². The Morgan fingerprint density at radius 2 is 2.00 bits per heavy atom. The quantitative estimate of drug-likeness (QED) is 0.804. The Bertz CT molecular complexity index is 460. The van der Waals surface area contributed by atoms with E-state index < -0.39 is 0 Å². The van der Waals surface area contributed by atoms with E-state index in [4.69, 9.17) is 0 Å². The first kappa shape index (κ1) is 10.7. The minimum atomic E-state index is 0.662. The average Bonchev–Trinajstić information content (AvgIpc) is 3.01. The molecule has 1 aliphatic rings. The normalized spacial score (nSPS) is 16.8. The maximum absolute atomic E-state index is 4.16. The average molecular weight is 265 g/mol. The van der Waals surface area contributed by atoms with E-state index in [9.17, 15) is 0 Å². The van der Waals surface area contributed by atoms with Crippen molar-refractivity contribution in [1.82, 2.24) is 4.98 Å². The summed E-state index contributed by atoms with van der Waals surface area (Å²) in [7, 11) is 0. The lowest BCUT2D eigenvalue weighted by molar-refractivity contribution is 1.33. The van der Waals surface area contributed by atoms with E-state index in [-0.39, 0.29) is 0 Å². The van der Waals surface area contributed by atoms with E-state index in [1.807, 2.05) is 29.8 Å². The van der Waals surface area contributed by atoms with Gasteiger partial charge in [0.2, 0.25) is 0 Å². The van der Waals surface area contributed by atoms with Crippen molar-refractivity contribution in [2.45, 2.75) is 4.58 Å². The molecule has 4 heteroatoms. The fourth-order valence-electron chi connectivity index (χ4n) is 1.67. The Kier molecular flexibility index (Phi) is 3.22. The summed E-state index contributed by atoms with van der Waals surface area (Å²) in [5.74, 6) is 2.57. The molecule has 1 aliphatic heterocycles. The molecule has 1 nitrogen and oxygen atoms in total. The molecule has 2 aromatic heterocycles. The second-order valence-electron chi connectivity index (χ2n) is 3.52. The highest BCUT2D eigenvalue weighted by Crippen LogP contribution is 2.48. The van der Waals surface area contributed by atoms with Crippen LogP contribution in [-0.2, 0) is 0 Å². The smallest absolute Gasteiger partial charge is 0.0844 e. The van der Waals surface area contributed by atoms with Crippen LogP contribution >= 0.6 is 34.9 Å². The first-order valence-electron chi connectivity index (χ1n) is 5.17. The Labute approximate surface area is 108 Å². The monoisotopic (exact) mass is 265 g/mol. The molecule has 0 spiro atoms. The number of nitrogens with zero attached hydrogens (tertiary/aromatic N) is 1. The molecule has 0 aliphatic carbocycles. The van der Waals surface area contributed by atoms with Gasteiger partial charge in [-0.25, -0.2) is 0 Å². The van der Waals surface area contributed by atoms with E-state index >= 15 is 0 Å². The maximum atomic E-state index is 4.16. The van der Waals surface area contributed by atoms with Crippen LogP contribution in [0.3, 0.4) is 0 Å². The Morgan fingerprint density at radius 1 is 1.12 bits per heavy atom. The summed E-state index contributed by atoms with van der Waals surface area (Å²) in [6.07, 6.45) is 3.76. The first-order chi connectivity index (χ1) is 7.93. The van der Waals surface area contributed by atoms with Gasteiger partial charge >= 0.3 is 0 Å². The highest BCUT2D eigenvalue weighted by atomic mass is 32.2. The summed E-state index contributed by atoms with van der Waals surface area (Å²) in [5.41, 5.74) is 1.23. The minimum Gasteiger partial charge on any atom is -0.264 e. The van der Waals surface area contributed by atoms with Gasteiger partial charge in [0.05, 0.1) is 4.58 Å². The first-order valence-corrected chi connectivity index (χ1v) is 8.08. The van der Waals surface area contributed by atoms with Crippen LogP contribution in [-0.4, -0.2) is 16.5 Å². The van der Waals surface area contributed by atoms with Crippen LogP contribution < -0.4 is 0 Å². The van der Waals surface area contributed by atoms with Crippen LogP contribution in [0.25, 0.3) is 10.4 Å². The number of aromatic nitrogens is 1. The van der Waals surface area contributed by atoms with Crippen molar-refractivity contribution in [2.75, 3.05) is 11.5 Å². The van der Waals surface area contributed by atoms with Crippen molar-refractivity contribution in [1.29, 1.82) is 0 Å². The zero-order valence-corrected chi connectivity index (χ0v) is 11.1. The topological polar surface area (TPSA) is 12.9 Å². The van der Waals surface area contributed by atoms with Crippen molar-refractivity contribution < 1.29 is 0 Å². The molecule has 0 radical (unpaired) electrons. The summed E-state index contributed by atoms with van der Waals surface area (Å²) in [6, 6.07) is 8.60. The van der Waals surface area contributed by atoms with Crippen LogP contribution in [0.2, 0.25) is 0 Å². The molecule has 0 saturated carbocycles. The van der Waals surface area contributed by atoms with Crippen LogP contribution in [0, 0.1) is 0 Å². The van der Waals surface area contributed by atoms with E-state index in [0.717, 1.165) is 0 Å². The largest absolute Gasteiger partial charge is 0.264 e. The number of hydrogen-bond donors (Lipinski definition) is 0. The van der Waals surface area contributed by atoms with E-state index in [1.165, 1.54) is 26.8 Å². The highest BCUT2D eigenvalue weighted by Gasteiger charge is 2.20. The van der Waals surface area contributed by atoms with E-state index in [1.54, 1.807) is 0 Å². The van der Waals surface area contributed by atoms with E-state index in [0.29, 0.717) is 4.58 Å². The summed E-state index contributed by atoms with van der Waals surface area (Å²) in [5, 5.41) is 0. The van der Waals surface area contributed by atoms with Gasteiger partial charge in [0, 0.05) is 39.2 Å². The third kappa shape index (κ3) is 2.14. The summed E-state index contributed by atoms with van der Waals surface area (Å²) in [4.78, 5) is 6.99. The molecule has 2 aromatic rings. The van der Waals surface area contributed by atoms with Gasteiger partial charge in [-0.15, -0.1) is 34.9 Å². The molecule has 0 atom stereocenters. The fourth-order valence-corrected chi connectivity index (χ4v) is 5.87. The lowest BCUT2D eigenvalue weighted by Gasteiger charge is -2.02. The van der Waals surface area contributed by atoms with Crippen LogP contribution in [0.1, 0.15) is 9.46 Å². The van der Waals surface area contributed by atoms with Gasteiger partial charge in [-0.3, -0.25) is 4.98 Å². The molecule has 0 bridgehead atoms. The summed E-state index contributed by atoms with van der Waals surface area (Å²) >= 11 is 6.03. The molecule has 16 heavy (non-hydrogen) atoms. The molecular formula is C12H11NS3. The predicted molar refractivity (Wildman–Crippen MR) is 75.2 cm³/mol. The number of thiophene rings is 1. The molecule has 3 heterocycles. The number of hydrogen-bond acceptors (Lipinski definition) is 4. The molecule has 3 rings (SSSR count). The standard InChI is InChI=1S/C12H11NS3/c1-2-9(8-13-5-1)10-3-4-11(16-10)12-14-6-7-15-12/h1-5,8,12H,6-7H2. The van der Waals surface area contributed by atoms with E-state index in [2.05, 4.69) is 46.7 Å². The van der Waals surface area contributed by atoms with Crippen LogP contribution in [0.15, 0.2) is 36.7 Å². The predicted octanol–water partition coefficient (Wildman–Crippen LogP) is 4.29. The second-order valence-corrected chi connectivity index (χ2v) is 7.36. The van der Waals surface area contributed by atoms with Crippen molar-refractivity contribution in [3.63, 3.8) is 0 Å². The Morgan fingerprint density at radius 3 is 2.75 bits per heavy atom. The van der Waals surface area contributed by atoms with Crippen LogP contribution in [0.4, 0.5) is 0 Å². The Hall–Kier alpha value is -0.450. The molecule has 0 aromatic carbocycles. The highest BCUT2D eigenvalue weighted by molar-refractivity contribution is 8.19. The summed E-state index contributed by atoms with van der Waals surface area (Å²) < 4.78 is 0.662. The van der Waals surface area contributed by atoms with Crippen LogP contribution in [0.5, 0.6) is 0 Å². The molecule has 0 unspecified atom stereocenters. The lowest BCUT2D eigenvalue weighted by atomic mass is 10.2. The Balaban J connectivity index is 1.87. The zero-order valence-electron chi connectivity index (χ0n) is 8.63. The molecule has 1 saturated heterocycles. The fraction of sp³-hybridized carbons (Fsp3) is 0.250. The molecule has 1 fully saturated rings. The van der Waals surface area contributed by atoms with Gasteiger partial charge in [-0.05, 0) is 18.2 Å². The number of thioether (sulfide) groups is 2. The SMILES string of the molecule is c1cncc(-c2ccc(C3SCCS3)s2)c1. The zero-order chi connectivity index (χ0) is 10.8. The third-order valence-electron chi connectivity index (χ3n) is 2.43. The van der Waals surface area contributed by atoms with Crippen molar-refractivity contribution in [3.8, 4) is 10.4 Å². The third-order valence-corrected chi connectivity index (χ3v) is 6.99. The van der Waals surface area contributed by atoms with Gasteiger partial charge < -0.3 is 0 Å². The van der Waals surface area contributed by atoms with Gasteiger partial charge in [0.1, 0.15) is 0 Å². The molecule has 0 N–H and O–H groups in total. The minimum absolute atomic E-state index is 0.662. The van der Waals surface area contributed by atoms with Crippen molar-refractivity contribution in [3.05, 3.63) is 41.5 Å².